The molecule has 0 amide bonds. The lowest BCUT2D eigenvalue weighted by Crippen LogP contribution is -2.30. The first-order valence-corrected chi connectivity index (χ1v) is 5.40. The molecule has 5 heteroatoms. The van der Waals surface area contributed by atoms with E-state index in [2.05, 4.69) is 12.1 Å². The van der Waals surface area contributed by atoms with Gasteiger partial charge in [0.15, 0.2) is 0 Å². The van der Waals surface area contributed by atoms with Crippen molar-refractivity contribution in [3.8, 4) is 0 Å². The SMILES string of the molecule is C=C(OC)C(Cc1ccc(Cl)cc1Cl)NO. The number of hydroxylamine groups is 1. The summed E-state index contributed by atoms with van der Waals surface area (Å²) in [4.78, 5) is 0. The van der Waals surface area contributed by atoms with Gasteiger partial charge in [-0.1, -0.05) is 35.8 Å². The summed E-state index contributed by atoms with van der Waals surface area (Å²) in [6, 6.07) is 4.80. The zero-order valence-electron chi connectivity index (χ0n) is 8.84. The average Bonchev–Trinajstić information content (AvgIpc) is 2.27. The molecule has 1 unspecified atom stereocenters. The fraction of sp³-hybridized carbons (Fsp3) is 0.273. The molecular weight excluding hydrogens is 249 g/mol. The van der Waals surface area contributed by atoms with Crippen LogP contribution in [-0.2, 0) is 11.2 Å². The highest BCUT2D eigenvalue weighted by Crippen LogP contribution is 2.23. The number of halogens is 2. The first kappa shape index (κ1) is 13.3. The molecular formula is C11H13Cl2NO2. The van der Waals surface area contributed by atoms with Crippen molar-refractivity contribution in [2.24, 2.45) is 0 Å². The van der Waals surface area contributed by atoms with Crippen LogP contribution >= 0.6 is 23.2 Å². The number of rotatable bonds is 5. The number of methoxy groups -OCH3 is 1. The summed E-state index contributed by atoms with van der Waals surface area (Å²) in [7, 11) is 1.50. The van der Waals surface area contributed by atoms with E-state index in [-0.39, 0.29) is 0 Å². The average molecular weight is 262 g/mol. The molecule has 1 atom stereocenters. The molecule has 0 radical (unpaired) electrons. The highest BCUT2D eigenvalue weighted by Gasteiger charge is 2.14. The van der Waals surface area contributed by atoms with Crippen molar-refractivity contribution in [1.29, 1.82) is 0 Å². The van der Waals surface area contributed by atoms with Gasteiger partial charge in [0.05, 0.1) is 13.2 Å². The van der Waals surface area contributed by atoms with Crippen LogP contribution in [0.3, 0.4) is 0 Å². The molecule has 0 aliphatic heterocycles. The van der Waals surface area contributed by atoms with Gasteiger partial charge in [-0.25, -0.2) is 0 Å². The van der Waals surface area contributed by atoms with Crippen molar-refractivity contribution in [2.45, 2.75) is 12.5 Å². The highest BCUT2D eigenvalue weighted by molar-refractivity contribution is 6.35. The van der Waals surface area contributed by atoms with E-state index in [1.807, 2.05) is 0 Å². The maximum Gasteiger partial charge on any atom is 0.108 e. The maximum absolute atomic E-state index is 8.97. The molecule has 2 N–H and O–H groups in total. The van der Waals surface area contributed by atoms with Gasteiger partial charge in [0.1, 0.15) is 5.76 Å². The Hall–Kier alpha value is -0.740. The van der Waals surface area contributed by atoms with Crippen molar-refractivity contribution >= 4 is 23.2 Å². The Bertz CT molecular complexity index is 382. The number of benzene rings is 1. The van der Waals surface area contributed by atoms with Gasteiger partial charge in [0, 0.05) is 10.0 Å². The van der Waals surface area contributed by atoms with Crippen LogP contribution in [0.15, 0.2) is 30.5 Å². The van der Waals surface area contributed by atoms with E-state index in [0.717, 1.165) is 5.56 Å². The Morgan fingerprint density at radius 2 is 2.25 bits per heavy atom. The smallest absolute Gasteiger partial charge is 0.108 e. The van der Waals surface area contributed by atoms with E-state index in [0.29, 0.717) is 22.2 Å². The molecule has 0 bridgehead atoms. The molecule has 0 heterocycles. The molecule has 0 aliphatic carbocycles. The van der Waals surface area contributed by atoms with E-state index in [1.165, 1.54) is 7.11 Å². The van der Waals surface area contributed by atoms with Crippen molar-refractivity contribution < 1.29 is 9.94 Å². The second-order valence-electron chi connectivity index (χ2n) is 3.29. The minimum absolute atomic E-state index is 0.399. The van der Waals surface area contributed by atoms with Crippen LogP contribution in [0.5, 0.6) is 0 Å². The van der Waals surface area contributed by atoms with E-state index >= 15 is 0 Å². The van der Waals surface area contributed by atoms with Crippen LogP contribution in [-0.4, -0.2) is 18.4 Å². The maximum atomic E-state index is 8.97. The Kier molecular flexibility index (Phi) is 5.09. The zero-order chi connectivity index (χ0) is 12.1. The van der Waals surface area contributed by atoms with Crippen LogP contribution in [0.1, 0.15) is 5.56 Å². The molecule has 16 heavy (non-hydrogen) atoms. The van der Waals surface area contributed by atoms with E-state index in [1.54, 1.807) is 18.2 Å². The summed E-state index contributed by atoms with van der Waals surface area (Å²) in [5.74, 6) is 0.438. The van der Waals surface area contributed by atoms with Gasteiger partial charge >= 0.3 is 0 Å². The van der Waals surface area contributed by atoms with Gasteiger partial charge in [0.2, 0.25) is 0 Å². The lowest BCUT2D eigenvalue weighted by molar-refractivity contribution is 0.109. The van der Waals surface area contributed by atoms with Crippen molar-refractivity contribution in [1.82, 2.24) is 5.48 Å². The lowest BCUT2D eigenvalue weighted by atomic mass is 10.1. The topological polar surface area (TPSA) is 41.5 Å². The second kappa shape index (κ2) is 6.11. The van der Waals surface area contributed by atoms with E-state index in [4.69, 9.17) is 33.1 Å². The molecule has 0 fully saturated rings. The molecule has 0 spiro atoms. The van der Waals surface area contributed by atoms with Gasteiger partial charge in [-0.2, -0.15) is 5.48 Å². The highest BCUT2D eigenvalue weighted by atomic mass is 35.5. The Balaban J connectivity index is 2.82. The number of nitrogens with one attached hydrogen (secondary N) is 1. The first-order chi connectivity index (χ1) is 7.58. The van der Waals surface area contributed by atoms with Gasteiger partial charge in [0.25, 0.3) is 0 Å². The number of hydrogen-bond acceptors (Lipinski definition) is 3. The minimum atomic E-state index is -0.399. The fourth-order valence-electron chi connectivity index (χ4n) is 1.28. The summed E-state index contributed by atoms with van der Waals surface area (Å²) in [6.07, 6.45) is 0.471. The van der Waals surface area contributed by atoms with Gasteiger partial charge < -0.3 is 9.94 Å². The Morgan fingerprint density at radius 3 is 2.75 bits per heavy atom. The fourth-order valence-corrected chi connectivity index (χ4v) is 1.77. The third kappa shape index (κ3) is 3.39. The summed E-state index contributed by atoms with van der Waals surface area (Å²) in [5, 5.41) is 10.1. The molecule has 0 saturated carbocycles. The molecule has 0 aliphatic rings. The zero-order valence-corrected chi connectivity index (χ0v) is 10.3. The van der Waals surface area contributed by atoms with Crippen LogP contribution in [0, 0.1) is 0 Å². The van der Waals surface area contributed by atoms with E-state index in [9.17, 15) is 0 Å². The monoisotopic (exact) mass is 261 g/mol. The van der Waals surface area contributed by atoms with E-state index < -0.39 is 6.04 Å². The van der Waals surface area contributed by atoms with Crippen LogP contribution in [0.4, 0.5) is 0 Å². The van der Waals surface area contributed by atoms with Gasteiger partial charge in [-0.15, -0.1) is 0 Å². The van der Waals surface area contributed by atoms with Crippen LogP contribution in [0.2, 0.25) is 10.0 Å². The van der Waals surface area contributed by atoms with Crippen molar-refractivity contribution in [3.05, 3.63) is 46.1 Å². The van der Waals surface area contributed by atoms with Gasteiger partial charge in [-0.05, 0) is 24.1 Å². The lowest BCUT2D eigenvalue weighted by Gasteiger charge is -2.17. The summed E-state index contributed by atoms with van der Waals surface area (Å²) in [6.45, 7) is 3.67. The van der Waals surface area contributed by atoms with Crippen molar-refractivity contribution in [2.75, 3.05) is 7.11 Å². The summed E-state index contributed by atoms with van der Waals surface area (Å²) >= 11 is 11.8. The largest absolute Gasteiger partial charge is 0.500 e. The van der Waals surface area contributed by atoms with Crippen LogP contribution < -0.4 is 5.48 Å². The quantitative estimate of drug-likeness (QED) is 0.633. The number of hydrogen-bond donors (Lipinski definition) is 2. The van der Waals surface area contributed by atoms with Crippen LogP contribution in [0.25, 0.3) is 0 Å². The molecule has 1 aromatic carbocycles. The second-order valence-corrected chi connectivity index (χ2v) is 4.14. The third-order valence-corrected chi connectivity index (χ3v) is 2.83. The molecule has 1 aromatic rings. The van der Waals surface area contributed by atoms with Gasteiger partial charge in [-0.3, -0.25) is 0 Å². The summed E-state index contributed by atoms with van der Waals surface area (Å²) in [5.41, 5.74) is 2.98. The minimum Gasteiger partial charge on any atom is -0.500 e. The predicted octanol–water partition coefficient (Wildman–Crippen LogP) is 3.04. The molecule has 0 saturated heterocycles. The number of ether oxygens (including phenoxy) is 1. The Labute approximate surface area is 105 Å². The normalized spacial score (nSPS) is 12.2. The standard InChI is InChI=1S/C11H13Cl2NO2/c1-7(16-2)11(14-15)5-8-3-4-9(12)6-10(8)13/h3-4,6,11,14-15H,1,5H2,2H3. The predicted molar refractivity (Wildman–Crippen MR) is 65.0 cm³/mol. The summed E-state index contributed by atoms with van der Waals surface area (Å²) < 4.78 is 4.95. The molecule has 1 rings (SSSR count). The van der Waals surface area contributed by atoms with Crippen molar-refractivity contribution in [3.63, 3.8) is 0 Å². The molecule has 88 valence electrons. The first-order valence-electron chi connectivity index (χ1n) is 4.64. The molecule has 3 nitrogen and oxygen atoms in total. The Morgan fingerprint density at radius 1 is 1.56 bits per heavy atom. The molecule has 0 aromatic heterocycles. The third-order valence-electron chi connectivity index (χ3n) is 2.25.